The van der Waals surface area contributed by atoms with Gasteiger partial charge in [0.1, 0.15) is 0 Å². The van der Waals surface area contributed by atoms with Gasteiger partial charge in [-0.1, -0.05) is 20.8 Å². The van der Waals surface area contributed by atoms with Gasteiger partial charge in [0.2, 0.25) is 0 Å². The second-order valence-corrected chi connectivity index (χ2v) is 5.01. The molecule has 0 aromatic carbocycles. The fourth-order valence-corrected chi connectivity index (χ4v) is 2.44. The number of hydrogen-bond donors (Lipinski definition) is 1. The van der Waals surface area contributed by atoms with Crippen molar-refractivity contribution < 1.29 is 0 Å². The van der Waals surface area contributed by atoms with E-state index in [-0.39, 0.29) is 0 Å². The lowest BCUT2D eigenvalue weighted by Crippen LogP contribution is -2.47. The van der Waals surface area contributed by atoms with E-state index in [1.807, 2.05) is 0 Å². The van der Waals surface area contributed by atoms with Gasteiger partial charge in [-0.05, 0) is 38.8 Å². The van der Waals surface area contributed by atoms with Gasteiger partial charge in [-0.15, -0.1) is 0 Å². The number of nitrogens with zero attached hydrogens (tertiary/aromatic N) is 1. The van der Waals surface area contributed by atoms with E-state index in [1.165, 1.54) is 32.5 Å². The summed E-state index contributed by atoms with van der Waals surface area (Å²) in [5.41, 5.74) is 0. The standard InChI is InChI=1S/C12H26N2/c1-5-14(9-10(2)3)12-6-7-13-11(4)8-12/h10-13H,5-9H2,1-4H3. The Balaban J connectivity index is 2.42. The van der Waals surface area contributed by atoms with Crippen molar-refractivity contribution in [2.75, 3.05) is 19.6 Å². The molecule has 2 atom stereocenters. The van der Waals surface area contributed by atoms with Crippen molar-refractivity contribution in [3.05, 3.63) is 0 Å². The molecule has 1 heterocycles. The van der Waals surface area contributed by atoms with Gasteiger partial charge in [-0.25, -0.2) is 0 Å². The molecule has 0 aromatic heterocycles. The zero-order valence-electron chi connectivity index (χ0n) is 10.2. The topological polar surface area (TPSA) is 15.3 Å². The fourth-order valence-electron chi connectivity index (χ4n) is 2.44. The molecule has 0 radical (unpaired) electrons. The third kappa shape index (κ3) is 3.58. The van der Waals surface area contributed by atoms with E-state index in [2.05, 4.69) is 37.9 Å². The van der Waals surface area contributed by atoms with Gasteiger partial charge in [0, 0.05) is 18.6 Å². The van der Waals surface area contributed by atoms with Crippen molar-refractivity contribution in [1.82, 2.24) is 10.2 Å². The van der Waals surface area contributed by atoms with Crippen molar-refractivity contribution in [1.29, 1.82) is 0 Å². The summed E-state index contributed by atoms with van der Waals surface area (Å²) in [6.45, 7) is 12.9. The molecule has 0 saturated carbocycles. The van der Waals surface area contributed by atoms with Crippen molar-refractivity contribution in [2.24, 2.45) is 5.92 Å². The van der Waals surface area contributed by atoms with Crippen molar-refractivity contribution in [3.63, 3.8) is 0 Å². The Hall–Kier alpha value is -0.0800. The van der Waals surface area contributed by atoms with E-state index in [0.717, 1.165) is 12.0 Å². The molecule has 84 valence electrons. The number of hydrogen-bond acceptors (Lipinski definition) is 2. The molecular formula is C12H26N2. The van der Waals surface area contributed by atoms with Gasteiger partial charge in [-0.3, -0.25) is 0 Å². The largest absolute Gasteiger partial charge is 0.314 e. The highest BCUT2D eigenvalue weighted by atomic mass is 15.2. The lowest BCUT2D eigenvalue weighted by Gasteiger charge is -2.37. The molecule has 1 N–H and O–H groups in total. The molecule has 1 fully saturated rings. The molecule has 0 bridgehead atoms. The molecule has 2 heteroatoms. The maximum Gasteiger partial charge on any atom is 0.0122 e. The fraction of sp³-hybridized carbons (Fsp3) is 1.00. The molecular weight excluding hydrogens is 172 g/mol. The van der Waals surface area contributed by atoms with Crippen LogP contribution in [0.2, 0.25) is 0 Å². The summed E-state index contributed by atoms with van der Waals surface area (Å²) < 4.78 is 0. The molecule has 1 aliphatic rings. The molecule has 0 aliphatic carbocycles. The van der Waals surface area contributed by atoms with Gasteiger partial charge >= 0.3 is 0 Å². The van der Waals surface area contributed by atoms with Crippen LogP contribution in [0.3, 0.4) is 0 Å². The Morgan fingerprint density at radius 2 is 2.14 bits per heavy atom. The average Bonchev–Trinajstić information content (AvgIpc) is 2.14. The third-order valence-corrected chi connectivity index (χ3v) is 3.12. The highest BCUT2D eigenvalue weighted by Crippen LogP contribution is 2.16. The second-order valence-electron chi connectivity index (χ2n) is 5.01. The van der Waals surface area contributed by atoms with Gasteiger partial charge in [-0.2, -0.15) is 0 Å². The summed E-state index contributed by atoms with van der Waals surface area (Å²) in [6, 6.07) is 1.52. The maximum absolute atomic E-state index is 3.52. The van der Waals surface area contributed by atoms with Gasteiger partial charge in [0.15, 0.2) is 0 Å². The molecule has 1 saturated heterocycles. The number of rotatable bonds is 4. The first-order valence-corrected chi connectivity index (χ1v) is 6.11. The molecule has 14 heavy (non-hydrogen) atoms. The molecule has 1 aliphatic heterocycles. The molecule has 1 rings (SSSR count). The smallest absolute Gasteiger partial charge is 0.0122 e. The monoisotopic (exact) mass is 198 g/mol. The summed E-state index contributed by atoms with van der Waals surface area (Å²) in [5.74, 6) is 0.792. The van der Waals surface area contributed by atoms with E-state index >= 15 is 0 Å². The predicted molar refractivity (Wildman–Crippen MR) is 62.6 cm³/mol. The molecule has 2 nitrogen and oxygen atoms in total. The average molecular weight is 198 g/mol. The van der Waals surface area contributed by atoms with Crippen LogP contribution >= 0.6 is 0 Å². The highest BCUT2D eigenvalue weighted by Gasteiger charge is 2.23. The van der Waals surface area contributed by atoms with Crippen LogP contribution in [0.1, 0.15) is 40.5 Å². The maximum atomic E-state index is 3.52. The van der Waals surface area contributed by atoms with E-state index < -0.39 is 0 Å². The predicted octanol–water partition coefficient (Wildman–Crippen LogP) is 2.10. The van der Waals surface area contributed by atoms with E-state index in [4.69, 9.17) is 0 Å². The second kappa shape index (κ2) is 5.72. The van der Waals surface area contributed by atoms with Crippen LogP contribution in [0.15, 0.2) is 0 Å². The van der Waals surface area contributed by atoms with E-state index in [0.29, 0.717) is 6.04 Å². The zero-order chi connectivity index (χ0) is 10.6. The Labute approximate surface area is 89.1 Å². The minimum atomic E-state index is 0.704. The van der Waals surface area contributed by atoms with Crippen LogP contribution in [0.25, 0.3) is 0 Å². The van der Waals surface area contributed by atoms with Gasteiger partial charge in [0.25, 0.3) is 0 Å². The summed E-state index contributed by atoms with van der Waals surface area (Å²) in [5, 5.41) is 3.52. The van der Waals surface area contributed by atoms with Crippen LogP contribution in [0.4, 0.5) is 0 Å². The lowest BCUT2D eigenvalue weighted by molar-refractivity contribution is 0.139. The minimum absolute atomic E-state index is 0.704. The Kier molecular flexibility index (Phi) is 4.90. The molecule has 0 spiro atoms. The SMILES string of the molecule is CCN(CC(C)C)C1CCNC(C)C1. The Morgan fingerprint density at radius 3 is 2.64 bits per heavy atom. The van der Waals surface area contributed by atoms with Crippen LogP contribution in [-0.4, -0.2) is 36.6 Å². The first kappa shape index (κ1) is 12.0. The lowest BCUT2D eigenvalue weighted by atomic mass is 9.98. The first-order valence-electron chi connectivity index (χ1n) is 6.11. The van der Waals surface area contributed by atoms with Crippen LogP contribution in [0.5, 0.6) is 0 Å². The highest BCUT2D eigenvalue weighted by molar-refractivity contribution is 4.82. The minimum Gasteiger partial charge on any atom is -0.314 e. The quantitative estimate of drug-likeness (QED) is 0.744. The van der Waals surface area contributed by atoms with Crippen LogP contribution < -0.4 is 5.32 Å². The summed E-state index contributed by atoms with van der Waals surface area (Å²) in [4.78, 5) is 2.65. The van der Waals surface area contributed by atoms with Crippen molar-refractivity contribution in [3.8, 4) is 0 Å². The summed E-state index contributed by atoms with van der Waals surface area (Å²) >= 11 is 0. The molecule has 0 amide bonds. The van der Waals surface area contributed by atoms with Crippen molar-refractivity contribution in [2.45, 2.75) is 52.6 Å². The zero-order valence-corrected chi connectivity index (χ0v) is 10.2. The summed E-state index contributed by atoms with van der Waals surface area (Å²) in [6.07, 6.45) is 2.64. The van der Waals surface area contributed by atoms with E-state index in [9.17, 15) is 0 Å². The first-order chi connectivity index (χ1) is 6.63. The molecule has 0 aromatic rings. The van der Waals surface area contributed by atoms with E-state index in [1.54, 1.807) is 0 Å². The third-order valence-electron chi connectivity index (χ3n) is 3.12. The Morgan fingerprint density at radius 1 is 1.43 bits per heavy atom. The normalized spacial score (nSPS) is 28.7. The van der Waals surface area contributed by atoms with Gasteiger partial charge in [0.05, 0.1) is 0 Å². The molecule has 2 unspecified atom stereocenters. The van der Waals surface area contributed by atoms with Gasteiger partial charge < -0.3 is 10.2 Å². The van der Waals surface area contributed by atoms with Crippen molar-refractivity contribution >= 4 is 0 Å². The number of nitrogens with one attached hydrogen (secondary N) is 1. The summed E-state index contributed by atoms with van der Waals surface area (Å²) in [7, 11) is 0. The van der Waals surface area contributed by atoms with Crippen LogP contribution in [-0.2, 0) is 0 Å². The Bertz CT molecular complexity index is 154. The van der Waals surface area contributed by atoms with Crippen LogP contribution in [0, 0.1) is 5.92 Å². The number of piperidine rings is 1.